The molecule has 4 heterocycles. The maximum atomic E-state index is 9.75. The molecule has 0 radical (unpaired) electrons. The summed E-state index contributed by atoms with van der Waals surface area (Å²) in [4.78, 5) is 18.1. The van der Waals surface area contributed by atoms with E-state index in [0.29, 0.717) is 10.9 Å². The van der Waals surface area contributed by atoms with Gasteiger partial charge in [-0.25, -0.2) is 9.97 Å². The van der Waals surface area contributed by atoms with Crippen LogP contribution in [0.1, 0.15) is 30.8 Å². The van der Waals surface area contributed by atoms with Crippen molar-refractivity contribution in [1.82, 2.24) is 24.5 Å². The Balaban J connectivity index is 1.50. The number of fused-ring (bicyclic) bond motifs is 1. The molecule has 0 amide bonds. The van der Waals surface area contributed by atoms with Crippen molar-refractivity contribution in [2.75, 3.05) is 43.5 Å². The molecule has 1 aromatic carbocycles. The molecule has 0 N–H and O–H groups in total. The first-order chi connectivity index (χ1) is 16.5. The summed E-state index contributed by atoms with van der Waals surface area (Å²) in [7, 11) is 4.18. The zero-order chi connectivity index (χ0) is 23.8. The zero-order valence-electron chi connectivity index (χ0n) is 19.9. The smallest absolute Gasteiger partial charge is 0.216 e. The second-order valence-electron chi connectivity index (χ2n) is 8.49. The molecule has 0 saturated carbocycles. The van der Waals surface area contributed by atoms with Crippen LogP contribution < -0.4 is 9.80 Å². The molecule has 0 aliphatic carbocycles. The van der Waals surface area contributed by atoms with E-state index in [2.05, 4.69) is 36.8 Å². The van der Waals surface area contributed by atoms with Crippen LogP contribution in [0.15, 0.2) is 30.3 Å². The summed E-state index contributed by atoms with van der Waals surface area (Å²) in [6, 6.07) is 12.8. The fraction of sp³-hybridized carbons (Fsp3) is 0.417. The van der Waals surface area contributed by atoms with Crippen molar-refractivity contribution in [2.45, 2.75) is 32.7 Å². The Morgan fingerprint density at radius 2 is 1.94 bits per heavy atom. The third kappa shape index (κ3) is 3.94. The van der Waals surface area contributed by atoms with Crippen molar-refractivity contribution in [3.8, 4) is 17.3 Å². The van der Waals surface area contributed by atoms with Crippen molar-refractivity contribution in [3.63, 3.8) is 0 Å². The van der Waals surface area contributed by atoms with E-state index in [9.17, 15) is 5.26 Å². The summed E-state index contributed by atoms with van der Waals surface area (Å²) < 4.78 is 1.95. The SMILES string of the molecule is CCc1nc2sc(N3CCC(N(C)CC)C3)nn2c1N(C)c1nc(-c2ccccc2)c(C#N)s1. The number of nitriles is 1. The number of aromatic nitrogens is 4. The molecule has 176 valence electrons. The molecule has 1 atom stereocenters. The van der Waals surface area contributed by atoms with E-state index >= 15 is 0 Å². The summed E-state index contributed by atoms with van der Waals surface area (Å²) in [5.41, 5.74) is 2.64. The lowest BCUT2D eigenvalue weighted by Crippen LogP contribution is -2.34. The molecule has 1 fully saturated rings. The molecule has 1 unspecified atom stereocenters. The van der Waals surface area contributed by atoms with Gasteiger partial charge in [0.1, 0.15) is 16.6 Å². The van der Waals surface area contributed by atoms with Crippen LogP contribution >= 0.6 is 22.7 Å². The Labute approximate surface area is 207 Å². The molecule has 1 aliphatic heterocycles. The van der Waals surface area contributed by atoms with Crippen molar-refractivity contribution >= 4 is 43.7 Å². The zero-order valence-corrected chi connectivity index (χ0v) is 21.5. The molecule has 4 aromatic rings. The van der Waals surface area contributed by atoms with Gasteiger partial charge in [0.15, 0.2) is 10.9 Å². The lowest BCUT2D eigenvalue weighted by atomic mass is 10.1. The minimum Gasteiger partial charge on any atom is -0.345 e. The van der Waals surface area contributed by atoms with Gasteiger partial charge < -0.3 is 14.7 Å². The van der Waals surface area contributed by atoms with E-state index < -0.39 is 0 Å². The van der Waals surface area contributed by atoms with E-state index in [1.165, 1.54) is 11.3 Å². The molecule has 1 aliphatic rings. The number of likely N-dealkylation sites (N-methyl/N-ethyl adjacent to an activating group) is 1. The van der Waals surface area contributed by atoms with Crippen molar-refractivity contribution < 1.29 is 0 Å². The van der Waals surface area contributed by atoms with Gasteiger partial charge in [-0.2, -0.15) is 9.78 Å². The highest BCUT2D eigenvalue weighted by Crippen LogP contribution is 2.38. The topological polar surface area (TPSA) is 76.6 Å². The first-order valence-electron chi connectivity index (χ1n) is 11.6. The molecule has 0 bridgehead atoms. The summed E-state index contributed by atoms with van der Waals surface area (Å²) in [6.07, 6.45) is 1.94. The maximum Gasteiger partial charge on any atom is 0.216 e. The average molecular weight is 493 g/mol. The Bertz CT molecular complexity index is 1330. The van der Waals surface area contributed by atoms with Gasteiger partial charge in [0.2, 0.25) is 10.1 Å². The minimum absolute atomic E-state index is 0.561. The van der Waals surface area contributed by atoms with E-state index in [0.717, 1.165) is 70.5 Å². The second kappa shape index (κ2) is 9.33. The summed E-state index contributed by atoms with van der Waals surface area (Å²) in [6.45, 7) is 7.36. The number of aryl methyl sites for hydroxylation is 1. The van der Waals surface area contributed by atoms with E-state index in [4.69, 9.17) is 15.1 Å². The number of hydrogen-bond donors (Lipinski definition) is 0. The van der Waals surface area contributed by atoms with Gasteiger partial charge in [-0.15, -0.1) is 5.10 Å². The Morgan fingerprint density at radius 3 is 2.65 bits per heavy atom. The number of anilines is 3. The van der Waals surface area contributed by atoms with Gasteiger partial charge >= 0.3 is 0 Å². The fourth-order valence-corrected chi connectivity index (χ4v) is 6.21. The van der Waals surface area contributed by atoms with Gasteiger partial charge in [-0.05, 0) is 26.4 Å². The van der Waals surface area contributed by atoms with Crippen LogP contribution in [-0.4, -0.2) is 64.3 Å². The standard InChI is InChI=1S/C24H28N8S2/c1-5-18-21(30(4)22-27-20(19(14-25)33-22)16-10-8-7-9-11-16)32-23(26-18)34-24(28-32)31-13-12-17(15-31)29(3)6-2/h7-11,17H,5-6,12-13,15H2,1-4H3. The van der Waals surface area contributed by atoms with Crippen LogP contribution in [0.25, 0.3) is 16.2 Å². The third-order valence-electron chi connectivity index (χ3n) is 6.50. The predicted octanol–water partition coefficient (Wildman–Crippen LogP) is 4.65. The number of imidazole rings is 1. The van der Waals surface area contributed by atoms with Gasteiger partial charge in [-0.1, -0.05) is 66.9 Å². The monoisotopic (exact) mass is 492 g/mol. The third-order valence-corrected chi connectivity index (χ3v) is 8.50. The van der Waals surface area contributed by atoms with Crippen molar-refractivity contribution in [2.24, 2.45) is 0 Å². The molecule has 0 spiro atoms. The molecule has 1 saturated heterocycles. The first kappa shape index (κ1) is 22.8. The molecule has 5 rings (SSSR count). The Hall–Kier alpha value is -3.00. The Morgan fingerprint density at radius 1 is 1.15 bits per heavy atom. The molecule has 10 heteroatoms. The van der Waals surface area contributed by atoms with Crippen LogP contribution in [0.5, 0.6) is 0 Å². The summed E-state index contributed by atoms with van der Waals surface area (Å²) in [5, 5.41) is 16.5. The minimum atomic E-state index is 0.561. The van der Waals surface area contributed by atoms with Crippen molar-refractivity contribution in [3.05, 3.63) is 40.9 Å². The highest BCUT2D eigenvalue weighted by molar-refractivity contribution is 7.20. The normalized spacial score (nSPS) is 16.0. The van der Waals surface area contributed by atoms with Crippen LogP contribution in [0.2, 0.25) is 0 Å². The predicted molar refractivity (Wildman–Crippen MR) is 139 cm³/mol. The largest absolute Gasteiger partial charge is 0.345 e. The molecular formula is C24H28N8S2. The van der Waals surface area contributed by atoms with Gasteiger partial charge in [0, 0.05) is 31.7 Å². The van der Waals surface area contributed by atoms with Crippen LogP contribution in [-0.2, 0) is 6.42 Å². The number of thiazole rings is 1. The summed E-state index contributed by atoms with van der Waals surface area (Å²) >= 11 is 3.04. The molecule has 8 nitrogen and oxygen atoms in total. The van der Waals surface area contributed by atoms with Gasteiger partial charge in [0.05, 0.1) is 5.69 Å². The lowest BCUT2D eigenvalue weighted by molar-refractivity contribution is 0.272. The van der Waals surface area contributed by atoms with Crippen LogP contribution in [0.4, 0.5) is 16.1 Å². The maximum absolute atomic E-state index is 9.75. The number of hydrogen-bond acceptors (Lipinski definition) is 9. The first-order valence-corrected chi connectivity index (χ1v) is 13.2. The number of nitrogens with zero attached hydrogens (tertiary/aromatic N) is 8. The molecule has 34 heavy (non-hydrogen) atoms. The van der Waals surface area contributed by atoms with E-state index in [1.807, 2.05) is 46.8 Å². The highest BCUT2D eigenvalue weighted by atomic mass is 32.1. The number of rotatable bonds is 7. The lowest BCUT2D eigenvalue weighted by Gasteiger charge is -2.22. The van der Waals surface area contributed by atoms with Crippen molar-refractivity contribution in [1.29, 1.82) is 5.26 Å². The van der Waals surface area contributed by atoms with Crippen LogP contribution in [0, 0.1) is 11.3 Å². The van der Waals surface area contributed by atoms with Crippen LogP contribution in [0.3, 0.4) is 0 Å². The average Bonchev–Trinajstić information content (AvgIpc) is 3.65. The molecule has 3 aromatic heterocycles. The Kier molecular flexibility index (Phi) is 6.25. The fourth-order valence-electron chi connectivity index (χ4n) is 4.41. The highest BCUT2D eigenvalue weighted by Gasteiger charge is 2.29. The second-order valence-corrected chi connectivity index (χ2v) is 10.4. The quantitative estimate of drug-likeness (QED) is 0.372. The van der Waals surface area contributed by atoms with E-state index in [1.54, 1.807) is 11.3 Å². The van der Waals surface area contributed by atoms with Gasteiger partial charge in [0.25, 0.3) is 0 Å². The van der Waals surface area contributed by atoms with E-state index in [-0.39, 0.29) is 0 Å². The summed E-state index contributed by atoms with van der Waals surface area (Å²) in [5.74, 6) is 0.916. The van der Waals surface area contributed by atoms with Gasteiger partial charge in [-0.3, -0.25) is 0 Å². The molecular weight excluding hydrogens is 464 g/mol. The number of benzene rings is 1.